The fraction of sp³-hybridized carbons (Fsp3) is 0.0417. The van der Waals surface area contributed by atoms with E-state index >= 15 is 0 Å². The van der Waals surface area contributed by atoms with E-state index in [9.17, 15) is 53.9 Å². The van der Waals surface area contributed by atoms with Gasteiger partial charge in [0.15, 0.2) is 11.5 Å². The number of fused-ring (bicyclic) bond motifs is 1. The molecule has 0 saturated heterocycles. The molecule has 0 bridgehead atoms. The van der Waals surface area contributed by atoms with Crippen molar-refractivity contribution >= 4 is 99.6 Å². The molecule has 0 fully saturated rings. The summed E-state index contributed by atoms with van der Waals surface area (Å²) in [4.78, 5) is 8.13. The molecule has 0 aliphatic heterocycles. The molecule has 0 heterocycles. The van der Waals surface area contributed by atoms with Crippen molar-refractivity contribution in [2.75, 3.05) is 5.32 Å². The number of amides is 1. The van der Waals surface area contributed by atoms with Crippen LogP contribution in [0.5, 0.6) is 11.5 Å². The number of hydrogen-bond donors (Lipinski definition) is 8. The van der Waals surface area contributed by atoms with Crippen molar-refractivity contribution in [2.45, 2.75) is 31.4 Å². The number of nitrogens with zero attached hydrogens (tertiary/aromatic N) is 4. The van der Waals surface area contributed by atoms with E-state index < -0.39 is 90.6 Å². The largest absolute Gasteiger partial charge is 0.505 e. The molecule has 0 radical (unpaired) electrons. The summed E-state index contributed by atoms with van der Waals surface area (Å²) in [6.45, 7) is 1.13. The first kappa shape index (κ1) is 40.4. The second-order valence-electron chi connectivity index (χ2n) is 9.51. The Morgan fingerprint density at radius 3 is 1.83 bits per heavy atom. The molecule has 0 unspecified atom stereocenters. The zero-order valence-corrected chi connectivity index (χ0v) is 29.2. The Morgan fingerprint density at radius 1 is 0.673 bits per heavy atom. The van der Waals surface area contributed by atoms with Crippen LogP contribution < -0.4 is 5.32 Å². The molecule has 28 heteroatoms. The van der Waals surface area contributed by atoms with E-state index in [2.05, 4.69) is 44.5 Å². The van der Waals surface area contributed by atoms with Gasteiger partial charge in [-0.15, -0.1) is 29.1 Å². The highest BCUT2D eigenvalue weighted by Crippen LogP contribution is 2.51. The summed E-state index contributed by atoms with van der Waals surface area (Å²) in [5.74, 6) is -2.86. The van der Waals surface area contributed by atoms with Crippen molar-refractivity contribution in [1.29, 1.82) is 0 Å². The molecule has 4 rings (SSSR count). The number of aromatic hydroxyl groups is 2. The molecule has 4 aromatic carbocycles. The van der Waals surface area contributed by atoms with E-state index in [1.54, 1.807) is 0 Å². The second-order valence-corrected chi connectivity index (χ2v) is 15.2. The summed E-state index contributed by atoms with van der Waals surface area (Å²) in [6.07, 6.45) is 0. The van der Waals surface area contributed by atoms with E-state index in [0.717, 1.165) is 37.3 Å². The number of rotatable bonds is 14. The summed E-state index contributed by atoms with van der Waals surface area (Å²) < 4.78 is 110. The minimum Gasteiger partial charge on any atom is -0.505 e. The normalized spacial score (nSPS) is 12.7. The van der Waals surface area contributed by atoms with Gasteiger partial charge in [-0.3, -0.25) is 18.5 Å². The molecule has 0 saturated carbocycles. The van der Waals surface area contributed by atoms with Crippen LogP contribution in [0.15, 0.2) is 93.5 Å². The van der Waals surface area contributed by atoms with E-state index in [-0.39, 0.29) is 45.0 Å². The Bertz CT molecular complexity index is 2460. The Balaban J connectivity index is 1.99. The summed E-state index contributed by atoms with van der Waals surface area (Å²) in [5.41, 5.74) is -2.88. The molecule has 1 amide bonds. The average Bonchev–Trinajstić information content (AvgIpc) is 3.04. The second kappa shape index (κ2) is 16.1. The van der Waals surface area contributed by atoms with Crippen LogP contribution in [-0.2, 0) is 53.9 Å². The van der Waals surface area contributed by atoms with Crippen LogP contribution in [0.2, 0.25) is 0 Å². The first-order valence-corrected chi connectivity index (χ1v) is 18.7. The minimum absolute atomic E-state index is 0.0664. The van der Waals surface area contributed by atoms with Crippen LogP contribution in [-0.4, -0.2) is 65.5 Å². The minimum atomic E-state index is -5.30. The van der Waals surface area contributed by atoms with Crippen LogP contribution >= 0.6 is 24.1 Å². The van der Waals surface area contributed by atoms with Gasteiger partial charge in [-0.2, -0.15) is 25.3 Å². The van der Waals surface area contributed by atoms with Crippen molar-refractivity contribution in [3.05, 3.63) is 48.5 Å². The Hall–Kier alpha value is -4.40. The lowest BCUT2D eigenvalue weighted by Gasteiger charge is -2.13. The van der Waals surface area contributed by atoms with Gasteiger partial charge in [0.1, 0.15) is 32.5 Å². The predicted molar refractivity (Wildman–Crippen MR) is 174 cm³/mol. The first-order chi connectivity index (χ1) is 24.3. The summed E-state index contributed by atoms with van der Waals surface area (Å²) in [5, 5.41) is 62.8. The highest BCUT2D eigenvalue weighted by molar-refractivity contribution is 7.95. The molecule has 0 atom stereocenters. The van der Waals surface area contributed by atoms with Gasteiger partial charge in [-0.05, 0) is 53.9 Å². The maximum atomic E-state index is 12.4. The van der Waals surface area contributed by atoms with Gasteiger partial charge in [0.25, 0.3) is 30.4 Å². The maximum absolute atomic E-state index is 12.4. The molecule has 4 aromatic rings. The third-order valence-corrected chi connectivity index (χ3v) is 10.0. The smallest absolute Gasteiger partial charge is 0.296 e. The fourth-order valence-corrected chi connectivity index (χ4v) is 6.83. The number of phenols is 2. The molecular formula is C24H19N5O18S5. The molecular weight excluding hydrogens is 807 g/mol. The van der Waals surface area contributed by atoms with Gasteiger partial charge < -0.3 is 15.5 Å². The zero-order chi connectivity index (χ0) is 38.6. The van der Waals surface area contributed by atoms with Crippen molar-refractivity contribution in [2.24, 2.45) is 20.5 Å². The topological polar surface area (TPSA) is 359 Å². The van der Waals surface area contributed by atoms with Gasteiger partial charge >= 0.3 is 0 Å². The molecule has 52 heavy (non-hydrogen) atoms. The fourth-order valence-electron chi connectivity index (χ4n) is 4.12. The van der Waals surface area contributed by atoms with E-state index in [1.807, 2.05) is 0 Å². The molecule has 0 aliphatic carbocycles. The number of carbonyl (C=O) groups excluding carboxylic acids is 1. The van der Waals surface area contributed by atoms with Gasteiger partial charge in [0.2, 0.25) is 5.91 Å². The number of hydrogen-bond acceptors (Lipinski definition) is 21. The van der Waals surface area contributed by atoms with E-state index in [1.165, 1.54) is 6.07 Å². The molecule has 278 valence electrons. The van der Waals surface area contributed by atoms with Crippen LogP contribution in [0.3, 0.4) is 0 Å². The predicted octanol–water partition coefficient (Wildman–Crippen LogP) is 5.64. The van der Waals surface area contributed by atoms with E-state index in [4.69, 9.17) is 10.5 Å². The van der Waals surface area contributed by atoms with Crippen LogP contribution in [0.25, 0.3) is 10.8 Å². The average molecular weight is 826 g/mol. The molecule has 23 nitrogen and oxygen atoms in total. The lowest BCUT2D eigenvalue weighted by molar-refractivity contribution is -0.432. The molecule has 0 spiro atoms. The highest BCUT2D eigenvalue weighted by atomic mass is 32.2. The van der Waals surface area contributed by atoms with Gasteiger partial charge in [-0.1, -0.05) is 10.1 Å². The maximum Gasteiger partial charge on any atom is 0.296 e. The van der Waals surface area contributed by atoms with Gasteiger partial charge in [0.05, 0.1) is 44.2 Å². The van der Waals surface area contributed by atoms with Crippen molar-refractivity contribution < 1.29 is 83.2 Å². The SMILES string of the molecule is CC(=O)Nc1ccc(N=Nc2c(SOOO)cc3cc(S(=O)(=O)O)c(N=Nc4cc(S(=O)(=O)O)ccc4SOOO)c(O)c3c2O)c(S(=O)(=O)O)c1. The summed E-state index contributed by atoms with van der Waals surface area (Å²) in [7, 11) is -15.2. The van der Waals surface area contributed by atoms with Gasteiger partial charge in [-0.25, -0.2) is 10.5 Å². The summed E-state index contributed by atoms with van der Waals surface area (Å²) in [6, 6.07) is 7.23. The molecule has 8 N–H and O–H groups in total. The zero-order valence-electron chi connectivity index (χ0n) is 25.1. The third-order valence-electron chi connectivity index (χ3n) is 6.14. The van der Waals surface area contributed by atoms with Crippen LogP contribution in [0.4, 0.5) is 28.4 Å². The van der Waals surface area contributed by atoms with Crippen molar-refractivity contribution in [3.8, 4) is 11.5 Å². The lowest BCUT2D eigenvalue weighted by atomic mass is 10.1. The first-order valence-electron chi connectivity index (χ1n) is 12.9. The van der Waals surface area contributed by atoms with Crippen LogP contribution in [0, 0.1) is 0 Å². The van der Waals surface area contributed by atoms with Gasteiger partial charge in [0, 0.05) is 12.6 Å². The third kappa shape index (κ3) is 9.52. The number of nitrogens with one attached hydrogen (secondary N) is 1. The lowest BCUT2D eigenvalue weighted by Crippen LogP contribution is -2.07. The molecule has 0 aliphatic rings. The highest BCUT2D eigenvalue weighted by Gasteiger charge is 2.27. The number of benzene rings is 4. The summed E-state index contributed by atoms with van der Waals surface area (Å²) >= 11 is 0.355. The number of carbonyl (C=O) groups is 1. The Kier molecular flexibility index (Phi) is 12.5. The monoisotopic (exact) mass is 825 g/mol. The number of azo groups is 2. The Morgan fingerprint density at radius 2 is 1.25 bits per heavy atom. The van der Waals surface area contributed by atoms with Crippen LogP contribution in [0.1, 0.15) is 6.92 Å². The van der Waals surface area contributed by atoms with Crippen molar-refractivity contribution in [1.82, 2.24) is 0 Å². The standard InChI is InChI=1S/C24H19N5O18S5/c1-10(30)25-12-2-4-14(18(8-12)51(38,39)40)26-28-21-17(49-47-45-34)6-11-7-19(52(41,42)43)22(24(32)20(11)23(21)31)29-27-15-9-13(50(35,36)37)3-5-16(15)48-46-44-33/h2-9,31-34H,1H3,(H,25,30)(H,35,36,37)(H,38,39,40)(H,41,42,43). The quantitative estimate of drug-likeness (QED) is 0.0251. The van der Waals surface area contributed by atoms with Crippen molar-refractivity contribution in [3.63, 3.8) is 0 Å². The number of phenolic OH excluding ortho intramolecular Hbond substituents is 2. The number of anilines is 1. The Labute approximate surface area is 298 Å². The molecule has 0 aromatic heterocycles. The van der Waals surface area contributed by atoms with E-state index in [0.29, 0.717) is 12.1 Å².